The third kappa shape index (κ3) is 2.95. The largest absolute Gasteiger partial charge is 0.392 e. The van der Waals surface area contributed by atoms with Crippen LogP contribution < -0.4 is 4.90 Å². The van der Waals surface area contributed by atoms with Crippen LogP contribution in [0.2, 0.25) is 0 Å². The standard InChI is InChI=1S/C15H21FN2O2/c16-13-7-12(11-19)8-15(9-13)18-2-1-14(10-18)17-3-5-20-6-4-17/h7-9,14,19H,1-6,10-11H2. The van der Waals surface area contributed by atoms with Crippen molar-refractivity contribution in [3.63, 3.8) is 0 Å². The van der Waals surface area contributed by atoms with Crippen molar-refractivity contribution in [1.82, 2.24) is 4.90 Å². The lowest BCUT2D eigenvalue weighted by Crippen LogP contribution is -2.44. The van der Waals surface area contributed by atoms with Crippen LogP contribution >= 0.6 is 0 Å². The van der Waals surface area contributed by atoms with Crippen LogP contribution in [0.4, 0.5) is 10.1 Å². The van der Waals surface area contributed by atoms with Crippen LogP contribution in [0.25, 0.3) is 0 Å². The van der Waals surface area contributed by atoms with Gasteiger partial charge in [-0.2, -0.15) is 0 Å². The molecular weight excluding hydrogens is 259 g/mol. The Bertz CT molecular complexity index is 463. The molecule has 1 aromatic carbocycles. The number of hydrogen-bond acceptors (Lipinski definition) is 4. The lowest BCUT2D eigenvalue weighted by Gasteiger charge is -2.32. The number of morpholine rings is 1. The Balaban J connectivity index is 1.68. The maximum atomic E-state index is 13.6. The van der Waals surface area contributed by atoms with Crippen molar-refractivity contribution in [2.24, 2.45) is 0 Å². The zero-order chi connectivity index (χ0) is 13.9. The van der Waals surface area contributed by atoms with Crippen LogP contribution in [0, 0.1) is 5.82 Å². The van der Waals surface area contributed by atoms with E-state index in [0.717, 1.165) is 51.5 Å². The molecule has 3 rings (SSSR count). The Labute approximate surface area is 118 Å². The van der Waals surface area contributed by atoms with E-state index in [9.17, 15) is 9.50 Å². The van der Waals surface area contributed by atoms with Gasteiger partial charge in [-0.25, -0.2) is 4.39 Å². The van der Waals surface area contributed by atoms with Crippen LogP contribution in [-0.2, 0) is 11.3 Å². The molecule has 2 aliphatic rings. The maximum absolute atomic E-state index is 13.6. The molecule has 1 unspecified atom stereocenters. The maximum Gasteiger partial charge on any atom is 0.125 e. The monoisotopic (exact) mass is 280 g/mol. The molecule has 0 spiro atoms. The number of aliphatic hydroxyl groups excluding tert-OH is 1. The fourth-order valence-corrected chi connectivity index (χ4v) is 3.12. The first kappa shape index (κ1) is 13.8. The van der Waals surface area contributed by atoms with Gasteiger partial charge in [-0.1, -0.05) is 0 Å². The first-order valence-corrected chi connectivity index (χ1v) is 7.23. The molecule has 1 N–H and O–H groups in total. The lowest BCUT2D eigenvalue weighted by molar-refractivity contribution is 0.0209. The molecule has 5 heteroatoms. The third-order valence-corrected chi connectivity index (χ3v) is 4.22. The van der Waals surface area contributed by atoms with E-state index in [1.807, 2.05) is 6.07 Å². The molecule has 110 valence electrons. The van der Waals surface area contributed by atoms with Gasteiger partial charge < -0.3 is 14.7 Å². The highest BCUT2D eigenvalue weighted by molar-refractivity contribution is 5.50. The van der Waals surface area contributed by atoms with Crippen LogP contribution in [0.1, 0.15) is 12.0 Å². The number of halogens is 1. The molecule has 0 saturated carbocycles. The summed E-state index contributed by atoms with van der Waals surface area (Å²) in [6.45, 7) is 5.35. The van der Waals surface area contributed by atoms with Crippen LogP contribution in [0.5, 0.6) is 0 Å². The Hall–Kier alpha value is -1.17. The SMILES string of the molecule is OCc1cc(F)cc(N2CCC(N3CCOCC3)C2)c1. The molecule has 0 aromatic heterocycles. The molecule has 0 bridgehead atoms. The molecule has 2 fully saturated rings. The molecule has 0 amide bonds. The highest BCUT2D eigenvalue weighted by Gasteiger charge is 2.29. The van der Waals surface area contributed by atoms with E-state index in [0.29, 0.717) is 11.6 Å². The van der Waals surface area contributed by atoms with Crippen molar-refractivity contribution in [1.29, 1.82) is 0 Å². The zero-order valence-corrected chi connectivity index (χ0v) is 11.6. The number of aliphatic hydroxyl groups is 1. The average molecular weight is 280 g/mol. The van der Waals surface area contributed by atoms with Gasteiger partial charge in [0.25, 0.3) is 0 Å². The molecule has 2 aliphatic heterocycles. The van der Waals surface area contributed by atoms with Crippen LogP contribution in [-0.4, -0.2) is 55.4 Å². The zero-order valence-electron chi connectivity index (χ0n) is 11.6. The molecular formula is C15H21FN2O2. The predicted octanol–water partition coefficient (Wildman–Crippen LogP) is 1.23. The van der Waals surface area contributed by atoms with Gasteiger partial charge in [0.2, 0.25) is 0 Å². The molecule has 0 radical (unpaired) electrons. The summed E-state index contributed by atoms with van der Waals surface area (Å²) in [6, 6.07) is 5.35. The average Bonchev–Trinajstić information content (AvgIpc) is 2.97. The van der Waals surface area contributed by atoms with Gasteiger partial charge in [0.1, 0.15) is 5.82 Å². The summed E-state index contributed by atoms with van der Waals surface area (Å²) in [5, 5.41) is 9.18. The quantitative estimate of drug-likeness (QED) is 0.903. The number of hydrogen-bond donors (Lipinski definition) is 1. The second kappa shape index (κ2) is 6.08. The van der Waals surface area contributed by atoms with Crippen molar-refractivity contribution >= 4 is 5.69 Å². The van der Waals surface area contributed by atoms with Gasteiger partial charge in [-0.3, -0.25) is 4.90 Å². The first-order chi connectivity index (χ1) is 9.76. The van der Waals surface area contributed by atoms with Gasteiger partial charge >= 0.3 is 0 Å². The van der Waals surface area contributed by atoms with E-state index in [1.165, 1.54) is 6.07 Å². The topological polar surface area (TPSA) is 35.9 Å². The molecule has 4 nitrogen and oxygen atoms in total. The van der Waals surface area contributed by atoms with Gasteiger partial charge in [0.05, 0.1) is 19.8 Å². The van der Waals surface area contributed by atoms with E-state index in [2.05, 4.69) is 9.80 Å². The Morgan fingerprint density at radius 2 is 2.00 bits per heavy atom. The molecule has 20 heavy (non-hydrogen) atoms. The predicted molar refractivity (Wildman–Crippen MR) is 75.3 cm³/mol. The molecule has 2 saturated heterocycles. The Kier molecular flexibility index (Phi) is 4.19. The smallest absolute Gasteiger partial charge is 0.125 e. The molecule has 2 heterocycles. The van der Waals surface area contributed by atoms with Crippen LogP contribution in [0.15, 0.2) is 18.2 Å². The normalized spacial score (nSPS) is 24.3. The number of ether oxygens (including phenoxy) is 1. The number of benzene rings is 1. The highest BCUT2D eigenvalue weighted by Crippen LogP contribution is 2.25. The summed E-state index contributed by atoms with van der Waals surface area (Å²) in [5.74, 6) is -0.277. The van der Waals surface area contributed by atoms with E-state index in [1.54, 1.807) is 6.07 Å². The minimum Gasteiger partial charge on any atom is -0.392 e. The molecule has 1 atom stereocenters. The van der Waals surface area contributed by atoms with Crippen LogP contribution in [0.3, 0.4) is 0 Å². The third-order valence-electron chi connectivity index (χ3n) is 4.22. The number of rotatable bonds is 3. The minimum absolute atomic E-state index is 0.120. The summed E-state index contributed by atoms with van der Waals surface area (Å²) in [7, 11) is 0. The van der Waals surface area contributed by atoms with Gasteiger partial charge in [-0.15, -0.1) is 0 Å². The summed E-state index contributed by atoms with van der Waals surface area (Å²) in [5.41, 5.74) is 1.51. The minimum atomic E-state index is -0.277. The summed E-state index contributed by atoms with van der Waals surface area (Å²) < 4.78 is 18.9. The Morgan fingerprint density at radius 3 is 2.75 bits per heavy atom. The Morgan fingerprint density at radius 1 is 1.20 bits per heavy atom. The second-order valence-electron chi connectivity index (χ2n) is 5.51. The fraction of sp³-hybridized carbons (Fsp3) is 0.600. The number of anilines is 1. The highest BCUT2D eigenvalue weighted by atomic mass is 19.1. The molecule has 1 aromatic rings. The van der Waals surface area contributed by atoms with Gasteiger partial charge in [-0.05, 0) is 30.2 Å². The van der Waals surface area contributed by atoms with Crippen molar-refractivity contribution in [3.05, 3.63) is 29.6 Å². The molecule has 0 aliphatic carbocycles. The van der Waals surface area contributed by atoms with Gasteiger partial charge in [0.15, 0.2) is 0 Å². The van der Waals surface area contributed by atoms with E-state index in [4.69, 9.17) is 4.74 Å². The summed E-state index contributed by atoms with van der Waals surface area (Å²) >= 11 is 0. The lowest BCUT2D eigenvalue weighted by atomic mass is 10.2. The second-order valence-corrected chi connectivity index (χ2v) is 5.51. The van der Waals surface area contributed by atoms with E-state index >= 15 is 0 Å². The number of nitrogens with zero attached hydrogens (tertiary/aromatic N) is 2. The van der Waals surface area contributed by atoms with E-state index < -0.39 is 0 Å². The first-order valence-electron chi connectivity index (χ1n) is 7.23. The van der Waals surface area contributed by atoms with E-state index in [-0.39, 0.29) is 12.4 Å². The van der Waals surface area contributed by atoms with Crippen molar-refractivity contribution in [2.75, 3.05) is 44.3 Å². The fourth-order valence-electron chi connectivity index (χ4n) is 3.12. The summed E-state index contributed by atoms with van der Waals surface area (Å²) in [4.78, 5) is 4.68. The van der Waals surface area contributed by atoms with Crippen molar-refractivity contribution < 1.29 is 14.2 Å². The summed E-state index contributed by atoms with van der Waals surface area (Å²) in [6.07, 6.45) is 1.10. The van der Waals surface area contributed by atoms with Crippen molar-refractivity contribution in [2.45, 2.75) is 19.1 Å². The van der Waals surface area contributed by atoms with Gasteiger partial charge in [0, 0.05) is 37.9 Å². The van der Waals surface area contributed by atoms with Crippen molar-refractivity contribution in [3.8, 4) is 0 Å².